The van der Waals surface area contributed by atoms with Gasteiger partial charge in [-0.2, -0.15) is 0 Å². The smallest absolute Gasteiger partial charge is 0.444 e. The van der Waals surface area contributed by atoms with Crippen molar-refractivity contribution in [3.05, 3.63) is 29.8 Å². The summed E-state index contributed by atoms with van der Waals surface area (Å²) in [7, 11) is 5.05. The van der Waals surface area contributed by atoms with E-state index in [2.05, 4.69) is 25.9 Å². The molecular formula is C14H16N5O2+. The van der Waals surface area contributed by atoms with Gasteiger partial charge in [0, 0.05) is 18.3 Å². The van der Waals surface area contributed by atoms with E-state index in [1.54, 1.807) is 0 Å². The average molecular weight is 286 g/mol. The van der Waals surface area contributed by atoms with Crippen LogP contribution in [-0.2, 0) is 0 Å². The van der Waals surface area contributed by atoms with Crippen molar-refractivity contribution in [3.63, 3.8) is 0 Å². The van der Waals surface area contributed by atoms with Gasteiger partial charge in [-0.25, -0.2) is 4.58 Å². The fraction of sp³-hybridized carbons (Fsp3) is 0.286. The van der Waals surface area contributed by atoms with Crippen molar-refractivity contribution in [2.45, 2.75) is 0 Å². The summed E-state index contributed by atoms with van der Waals surface area (Å²) in [5.74, 6) is 0.486. The molecule has 7 heteroatoms. The summed E-state index contributed by atoms with van der Waals surface area (Å²) in [5, 5.41) is 0. The number of para-hydroxylation sites is 1. The van der Waals surface area contributed by atoms with Gasteiger partial charge in [-0.15, -0.1) is 4.98 Å². The Kier molecular flexibility index (Phi) is 3.39. The molecule has 0 atom stereocenters. The van der Waals surface area contributed by atoms with Crippen LogP contribution in [0.15, 0.2) is 24.3 Å². The number of fused-ring (bicyclic) bond motifs is 1. The Morgan fingerprint density at radius 1 is 1.05 bits per heavy atom. The van der Waals surface area contributed by atoms with Crippen LogP contribution in [-0.4, -0.2) is 53.7 Å². The van der Waals surface area contributed by atoms with Crippen LogP contribution < -0.4 is 14.4 Å². The monoisotopic (exact) mass is 286 g/mol. The van der Waals surface area contributed by atoms with Crippen molar-refractivity contribution in [3.8, 4) is 12.0 Å². The Morgan fingerprint density at radius 2 is 1.71 bits per heavy atom. The van der Waals surface area contributed by atoms with E-state index in [0.29, 0.717) is 12.6 Å². The molecule has 7 nitrogen and oxygen atoms in total. The van der Waals surface area contributed by atoms with Crippen LogP contribution in [0.1, 0.15) is 5.56 Å². The molecule has 3 rings (SSSR count). The fourth-order valence-electron chi connectivity index (χ4n) is 2.22. The van der Waals surface area contributed by atoms with Crippen LogP contribution in [0.2, 0.25) is 0 Å². The fourth-order valence-corrected chi connectivity index (χ4v) is 2.22. The third kappa shape index (κ3) is 2.49. The molecule has 0 radical (unpaired) electrons. The van der Waals surface area contributed by atoms with E-state index < -0.39 is 0 Å². The first kappa shape index (κ1) is 13.3. The molecule has 1 aliphatic heterocycles. The van der Waals surface area contributed by atoms with Gasteiger partial charge in [0.1, 0.15) is 6.67 Å². The minimum atomic E-state index is 0.228. The summed E-state index contributed by atoms with van der Waals surface area (Å²) in [6, 6.07) is 8.61. The summed E-state index contributed by atoms with van der Waals surface area (Å²) in [5.41, 5.74) is 2.27. The molecule has 0 aliphatic carbocycles. The van der Waals surface area contributed by atoms with Crippen molar-refractivity contribution >= 4 is 17.9 Å². The molecule has 0 saturated heterocycles. The number of hydrogen-bond acceptors (Lipinski definition) is 6. The molecule has 2 aromatic rings. The number of hydrogen-bond donors (Lipinski definition) is 0. The maximum atomic E-state index is 5.09. The lowest BCUT2D eigenvalue weighted by Crippen LogP contribution is -2.33. The molecule has 21 heavy (non-hydrogen) atoms. The van der Waals surface area contributed by atoms with Gasteiger partial charge in [0.25, 0.3) is 0 Å². The Bertz CT molecular complexity index is 679. The zero-order valence-electron chi connectivity index (χ0n) is 12.1. The van der Waals surface area contributed by atoms with Crippen LogP contribution in [0.3, 0.4) is 0 Å². The lowest BCUT2D eigenvalue weighted by atomic mass is 10.1. The molecule has 0 saturated carbocycles. The number of benzene rings is 1. The highest BCUT2D eigenvalue weighted by Crippen LogP contribution is 2.23. The number of rotatable bonds is 3. The molecule has 108 valence electrons. The number of methoxy groups -OCH3 is 2. The molecule has 2 heterocycles. The maximum absolute atomic E-state index is 5.09. The van der Waals surface area contributed by atoms with E-state index in [1.165, 1.54) is 19.9 Å². The predicted molar refractivity (Wildman–Crippen MR) is 77.7 cm³/mol. The molecule has 0 fully saturated rings. The van der Waals surface area contributed by atoms with Crippen LogP contribution in [0, 0.1) is 0 Å². The number of aromatic nitrogens is 3. The highest BCUT2D eigenvalue weighted by atomic mass is 16.5. The Labute approximate surface area is 122 Å². The summed E-state index contributed by atoms with van der Waals surface area (Å²) in [6.07, 6.45) is 2.00. The quantitative estimate of drug-likeness (QED) is 0.786. The van der Waals surface area contributed by atoms with Crippen LogP contribution in [0.4, 0.5) is 11.6 Å². The van der Waals surface area contributed by atoms with Gasteiger partial charge in [-0.1, -0.05) is 18.2 Å². The van der Waals surface area contributed by atoms with E-state index in [4.69, 9.17) is 9.47 Å². The maximum Gasteiger partial charge on any atom is 0.444 e. The summed E-state index contributed by atoms with van der Waals surface area (Å²) in [4.78, 5) is 14.7. The minimum Gasteiger partial charge on any atom is -0.454 e. The van der Waals surface area contributed by atoms with Crippen LogP contribution in [0.25, 0.3) is 0 Å². The standard InChI is InChI=1S/C14H16N5O2/c1-18-9-19(8-10-6-4-5-7-11(10)18)12-15-13(20-2)17-14(16-12)21-3/h4-8H,9H2,1-3H3/q+1. The molecule has 0 N–H and O–H groups in total. The normalized spacial score (nSPS) is 13.5. The summed E-state index contributed by atoms with van der Waals surface area (Å²) >= 11 is 0. The van der Waals surface area contributed by atoms with Crippen molar-refractivity contribution in [2.24, 2.45) is 0 Å². The van der Waals surface area contributed by atoms with Crippen LogP contribution >= 0.6 is 0 Å². The Balaban J connectivity index is 2.07. The first-order valence-electron chi connectivity index (χ1n) is 6.47. The van der Waals surface area contributed by atoms with Crippen LogP contribution in [0.5, 0.6) is 12.0 Å². The van der Waals surface area contributed by atoms with E-state index in [0.717, 1.165) is 5.56 Å². The zero-order valence-corrected chi connectivity index (χ0v) is 12.1. The Morgan fingerprint density at radius 3 is 2.38 bits per heavy atom. The van der Waals surface area contributed by atoms with Gasteiger partial charge < -0.3 is 14.4 Å². The van der Waals surface area contributed by atoms with Gasteiger partial charge >= 0.3 is 18.0 Å². The second-order valence-corrected chi connectivity index (χ2v) is 4.61. The van der Waals surface area contributed by atoms with Gasteiger partial charge in [-0.3, -0.25) is 0 Å². The van der Waals surface area contributed by atoms with E-state index in [-0.39, 0.29) is 12.0 Å². The van der Waals surface area contributed by atoms with Crippen molar-refractivity contribution in [1.82, 2.24) is 15.0 Å². The number of ether oxygens (including phenoxy) is 2. The number of anilines is 1. The van der Waals surface area contributed by atoms with E-state index in [9.17, 15) is 0 Å². The second-order valence-electron chi connectivity index (χ2n) is 4.61. The average Bonchev–Trinajstić information content (AvgIpc) is 2.54. The van der Waals surface area contributed by atoms with Crippen molar-refractivity contribution in [1.29, 1.82) is 0 Å². The molecule has 0 unspecified atom stereocenters. The highest BCUT2D eigenvalue weighted by Gasteiger charge is 2.24. The summed E-state index contributed by atoms with van der Waals surface area (Å²) in [6.45, 7) is 0.632. The zero-order chi connectivity index (χ0) is 14.8. The van der Waals surface area contributed by atoms with E-state index in [1.807, 2.05) is 36.0 Å². The molecule has 0 spiro atoms. The third-order valence-electron chi connectivity index (χ3n) is 3.21. The number of nitrogens with zero attached hydrogens (tertiary/aromatic N) is 5. The van der Waals surface area contributed by atoms with E-state index >= 15 is 0 Å². The van der Waals surface area contributed by atoms with Gasteiger partial charge in [0.05, 0.1) is 20.4 Å². The summed E-state index contributed by atoms with van der Waals surface area (Å²) < 4.78 is 12.1. The SMILES string of the molecule is COc1nc(OC)nc([N+]2=Cc3ccccc3N(C)C2)n1. The first-order valence-corrected chi connectivity index (χ1v) is 6.47. The molecule has 0 amide bonds. The third-order valence-corrected chi connectivity index (χ3v) is 3.21. The largest absolute Gasteiger partial charge is 0.454 e. The molecule has 1 aliphatic rings. The topological polar surface area (TPSA) is 63.4 Å². The predicted octanol–water partition coefficient (Wildman–Crippen LogP) is 1.06. The highest BCUT2D eigenvalue weighted by molar-refractivity contribution is 5.86. The lowest BCUT2D eigenvalue weighted by molar-refractivity contribution is -0.444. The second kappa shape index (κ2) is 5.35. The Hall–Kier alpha value is -2.70. The molecule has 1 aromatic heterocycles. The molecular weight excluding hydrogens is 270 g/mol. The van der Waals surface area contributed by atoms with Gasteiger partial charge in [0.15, 0.2) is 0 Å². The van der Waals surface area contributed by atoms with Gasteiger partial charge in [-0.05, 0) is 16.0 Å². The minimum absolute atomic E-state index is 0.228. The first-order chi connectivity index (χ1) is 10.2. The molecule has 1 aromatic carbocycles. The van der Waals surface area contributed by atoms with Gasteiger partial charge in [0.2, 0.25) is 0 Å². The van der Waals surface area contributed by atoms with Crippen molar-refractivity contribution < 1.29 is 14.0 Å². The molecule has 0 bridgehead atoms. The van der Waals surface area contributed by atoms with Crippen molar-refractivity contribution in [2.75, 3.05) is 32.8 Å². The lowest BCUT2D eigenvalue weighted by Gasteiger charge is -2.25.